The lowest BCUT2D eigenvalue weighted by Gasteiger charge is -2.18. The second kappa shape index (κ2) is 4.57. The summed E-state index contributed by atoms with van der Waals surface area (Å²) >= 11 is 0. The Balaban J connectivity index is 2.02. The smallest absolute Gasteiger partial charge is 0.323 e. The number of carboxylic acids is 1. The number of aliphatic carboxylic acids is 1. The highest BCUT2D eigenvalue weighted by Crippen LogP contribution is 2.44. The predicted molar refractivity (Wildman–Crippen MR) is 71.5 cm³/mol. The van der Waals surface area contributed by atoms with Crippen molar-refractivity contribution in [3.05, 3.63) is 23.8 Å². The monoisotopic (exact) mass is 260 g/mol. The second-order valence-corrected chi connectivity index (χ2v) is 5.15. The fourth-order valence-corrected chi connectivity index (χ4v) is 3.09. The van der Waals surface area contributed by atoms with E-state index in [1.165, 1.54) is 0 Å². The van der Waals surface area contributed by atoms with Crippen molar-refractivity contribution in [3.63, 3.8) is 0 Å². The Bertz CT molecular complexity index is 541. The first kappa shape index (κ1) is 12.0. The van der Waals surface area contributed by atoms with Gasteiger partial charge in [-0.3, -0.25) is 9.59 Å². The number of carbonyl (C=O) groups excluding carboxylic acids is 1. The lowest BCUT2D eigenvalue weighted by atomic mass is 9.92. The summed E-state index contributed by atoms with van der Waals surface area (Å²) in [5.41, 5.74) is 2.91. The molecule has 2 aliphatic rings. The number of amides is 1. The van der Waals surface area contributed by atoms with Crippen LogP contribution in [0.4, 0.5) is 11.4 Å². The van der Waals surface area contributed by atoms with Gasteiger partial charge in [-0.15, -0.1) is 0 Å². The van der Waals surface area contributed by atoms with Crippen molar-refractivity contribution < 1.29 is 14.7 Å². The molecule has 19 heavy (non-hydrogen) atoms. The average Bonchev–Trinajstić information content (AvgIpc) is 2.66. The maximum absolute atomic E-state index is 11.7. The maximum Gasteiger partial charge on any atom is 0.323 e. The first-order valence-electron chi connectivity index (χ1n) is 6.54. The van der Waals surface area contributed by atoms with Crippen molar-refractivity contribution in [1.82, 2.24) is 0 Å². The molecule has 0 fully saturated rings. The summed E-state index contributed by atoms with van der Waals surface area (Å²) in [5.74, 6) is -0.453. The number of carbonyl (C=O) groups is 2. The number of benzene rings is 1. The van der Waals surface area contributed by atoms with Gasteiger partial charge in [0.1, 0.15) is 6.54 Å². The van der Waals surface area contributed by atoms with Gasteiger partial charge in [-0.1, -0.05) is 6.07 Å². The predicted octanol–water partition coefficient (Wildman–Crippen LogP) is 1.80. The third-order valence-electron chi connectivity index (χ3n) is 3.83. The van der Waals surface area contributed by atoms with E-state index in [0.717, 1.165) is 36.3 Å². The van der Waals surface area contributed by atoms with Crippen molar-refractivity contribution in [1.29, 1.82) is 0 Å². The topological polar surface area (TPSA) is 69.6 Å². The average molecular weight is 260 g/mol. The fourth-order valence-electron chi connectivity index (χ4n) is 3.09. The summed E-state index contributed by atoms with van der Waals surface area (Å²) in [5, 5.41) is 11.9. The van der Waals surface area contributed by atoms with Crippen molar-refractivity contribution in [3.8, 4) is 0 Å². The van der Waals surface area contributed by atoms with E-state index in [1.54, 1.807) is 0 Å². The highest BCUT2D eigenvalue weighted by molar-refractivity contribution is 5.94. The number of carboxylic acid groups (broad SMARTS) is 1. The Hall–Kier alpha value is -2.04. The molecule has 0 aromatic heterocycles. The van der Waals surface area contributed by atoms with E-state index in [-0.39, 0.29) is 12.5 Å². The van der Waals surface area contributed by atoms with Crippen LogP contribution >= 0.6 is 0 Å². The summed E-state index contributed by atoms with van der Waals surface area (Å²) in [6.45, 7) is 0.745. The molecule has 0 saturated heterocycles. The molecule has 1 amide bonds. The van der Waals surface area contributed by atoms with Gasteiger partial charge < -0.3 is 15.3 Å². The van der Waals surface area contributed by atoms with Crippen molar-refractivity contribution >= 4 is 23.3 Å². The lowest BCUT2D eigenvalue weighted by molar-refractivity contribution is -0.135. The molecule has 0 aliphatic carbocycles. The molecule has 0 spiro atoms. The Labute approximate surface area is 111 Å². The number of hydrogen-bond acceptors (Lipinski definition) is 3. The molecular weight excluding hydrogens is 244 g/mol. The molecule has 100 valence electrons. The van der Waals surface area contributed by atoms with Crippen molar-refractivity contribution in [2.24, 2.45) is 0 Å². The summed E-state index contributed by atoms with van der Waals surface area (Å²) in [6.07, 6.45) is 2.33. The van der Waals surface area contributed by atoms with Gasteiger partial charge in [0.25, 0.3) is 0 Å². The highest BCUT2D eigenvalue weighted by atomic mass is 16.4. The van der Waals surface area contributed by atoms with Crippen LogP contribution in [0, 0.1) is 0 Å². The minimum absolute atomic E-state index is 0.0148. The molecule has 3 rings (SSSR count). The van der Waals surface area contributed by atoms with E-state index in [4.69, 9.17) is 5.11 Å². The summed E-state index contributed by atoms with van der Waals surface area (Å²) in [4.78, 5) is 24.5. The van der Waals surface area contributed by atoms with Crippen LogP contribution in [0.15, 0.2) is 18.2 Å². The first-order chi connectivity index (χ1) is 9.15. The van der Waals surface area contributed by atoms with E-state index in [0.29, 0.717) is 12.3 Å². The Morgan fingerprint density at radius 3 is 3.11 bits per heavy atom. The van der Waals surface area contributed by atoms with Gasteiger partial charge in [0.15, 0.2) is 0 Å². The Kier molecular flexibility index (Phi) is 2.89. The molecule has 1 aromatic carbocycles. The summed E-state index contributed by atoms with van der Waals surface area (Å²) in [7, 11) is 0. The second-order valence-electron chi connectivity index (χ2n) is 5.15. The van der Waals surface area contributed by atoms with Gasteiger partial charge in [-0.05, 0) is 25.0 Å². The quantitative estimate of drug-likeness (QED) is 0.850. The van der Waals surface area contributed by atoms with Gasteiger partial charge >= 0.3 is 5.97 Å². The zero-order chi connectivity index (χ0) is 13.4. The molecule has 5 heteroatoms. The zero-order valence-electron chi connectivity index (χ0n) is 10.6. The molecule has 1 unspecified atom stereocenters. The SMILES string of the molecule is O=C(O)CN1CC2CCCC(=O)Nc3cccc1c32. The maximum atomic E-state index is 11.7. The first-order valence-corrected chi connectivity index (χ1v) is 6.54. The Morgan fingerprint density at radius 1 is 1.47 bits per heavy atom. The van der Waals surface area contributed by atoms with Crippen LogP contribution in [-0.2, 0) is 9.59 Å². The van der Waals surface area contributed by atoms with Crippen molar-refractivity contribution in [2.75, 3.05) is 23.3 Å². The Morgan fingerprint density at radius 2 is 2.32 bits per heavy atom. The molecule has 0 radical (unpaired) electrons. The molecule has 0 saturated carbocycles. The molecule has 0 bridgehead atoms. The van der Waals surface area contributed by atoms with E-state index in [2.05, 4.69) is 5.32 Å². The third kappa shape index (κ3) is 2.16. The number of rotatable bonds is 2. The molecule has 5 nitrogen and oxygen atoms in total. The van der Waals surface area contributed by atoms with Crippen LogP contribution in [0.3, 0.4) is 0 Å². The third-order valence-corrected chi connectivity index (χ3v) is 3.83. The molecular formula is C14H16N2O3. The van der Waals surface area contributed by atoms with Gasteiger partial charge in [0, 0.05) is 35.8 Å². The van der Waals surface area contributed by atoms with E-state index in [9.17, 15) is 9.59 Å². The minimum Gasteiger partial charge on any atom is -0.480 e. The molecule has 1 aromatic rings. The fraction of sp³-hybridized carbons (Fsp3) is 0.429. The number of hydrogen-bond donors (Lipinski definition) is 2. The van der Waals surface area contributed by atoms with Crippen LogP contribution in [0.1, 0.15) is 30.7 Å². The highest BCUT2D eigenvalue weighted by Gasteiger charge is 2.33. The number of nitrogens with zero attached hydrogens (tertiary/aromatic N) is 1. The van der Waals surface area contributed by atoms with Crippen LogP contribution < -0.4 is 10.2 Å². The molecule has 2 aliphatic heterocycles. The van der Waals surface area contributed by atoms with Crippen LogP contribution in [0.25, 0.3) is 0 Å². The van der Waals surface area contributed by atoms with Gasteiger partial charge in [-0.2, -0.15) is 0 Å². The van der Waals surface area contributed by atoms with Crippen LogP contribution in [-0.4, -0.2) is 30.1 Å². The van der Waals surface area contributed by atoms with Gasteiger partial charge in [-0.25, -0.2) is 0 Å². The molecule has 2 heterocycles. The standard InChI is InChI=1S/C14H16N2O3/c17-12-6-1-3-9-7-16(8-13(18)19)11-5-2-4-10(15-12)14(9)11/h2,4-5,9H,1,3,6-8H2,(H,15,17)(H,18,19). The zero-order valence-corrected chi connectivity index (χ0v) is 10.6. The van der Waals surface area contributed by atoms with E-state index in [1.807, 2.05) is 23.1 Å². The van der Waals surface area contributed by atoms with E-state index >= 15 is 0 Å². The normalized spacial score (nSPS) is 21.4. The largest absolute Gasteiger partial charge is 0.480 e. The van der Waals surface area contributed by atoms with Gasteiger partial charge in [0.2, 0.25) is 5.91 Å². The van der Waals surface area contributed by atoms with Crippen molar-refractivity contribution in [2.45, 2.75) is 25.2 Å². The minimum atomic E-state index is -0.823. The molecule has 1 atom stereocenters. The van der Waals surface area contributed by atoms with E-state index < -0.39 is 5.97 Å². The number of anilines is 2. The molecule has 2 N–H and O–H groups in total. The summed E-state index contributed by atoms with van der Waals surface area (Å²) < 4.78 is 0. The van der Waals surface area contributed by atoms with Crippen LogP contribution in [0.2, 0.25) is 0 Å². The summed E-state index contributed by atoms with van der Waals surface area (Å²) in [6, 6.07) is 5.71. The lowest BCUT2D eigenvalue weighted by Crippen LogP contribution is -2.28. The van der Waals surface area contributed by atoms with Gasteiger partial charge in [0.05, 0.1) is 0 Å². The van der Waals surface area contributed by atoms with Crippen LogP contribution in [0.5, 0.6) is 0 Å². The number of nitrogens with one attached hydrogen (secondary N) is 1.